The molecule has 0 rings (SSSR count). The molecule has 0 aromatic heterocycles. The van der Waals surface area contributed by atoms with Gasteiger partial charge in [0.1, 0.15) is 13.2 Å². The number of quaternary nitrogens is 1. The normalized spacial score (nSPS) is 15.0. The Hall–Kier alpha value is -0.500. The molecular formula is C32H67NO7P+. The minimum absolute atomic E-state index is 0.0563. The second-order valence-electron chi connectivity index (χ2n) is 12.5. The first kappa shape index (κ1) is 40.5. The quantitative estimate of drug-likeness (QED) is 0.0286. The van der Waals surface area contributed by atoms with Gasteiger partial charge in [-0.1, -0.05) is 123 Å². The van der Waals surface area contributed by atoms with Crippen molar-refractivity contribution in [3.63, 3.8) is 0 Å². The first-order chi connectivity index (χ1) is 19.5. The van der Waals surface area contributed by atoms with E-state index in [0.29, 0.717) is 11.0 Å². The van der Waals surface area contributed by atoms with Crippen molar-refractivity contribution in [1.29, 1.82) is 0 Å². The summed E-state index contributed by atoms with van der Waals surface area (Å²) in [6, 6.07) is 0. The standard InChI is InChI=1S/C32H66NO7P/c1-7-10-11-12-13-14-15-16-17-18-19-20-21-22-23-24-26-30(25-8-2)32(34)38-28-27-37-31(29-33(4,5)6)40-41(35,36)39-9-3/h30-31H,7-29H2,1-6H3/p+1. The van der Waals surface area contributed by atoms with Gasteiger partial charge in [-0.05, 0) is 19.8 Å². The number of esters is 1. The van der Waals surface area contributed by atoms with Gasteiger partial charge in [0.05, 0.1) is 40.3 Å². The van der Waals surface area contributed by atoms with E-state index in [1.807, 2.05) is 21.1 Å². The number of likely N-dealkylation sites (N-methyl/N-ethyl adjacent to an activating group) is 1. The van der Waals surface area contributed by atoms with Gasteiger partial charge in [0.2, 0.25) is 6.29 Å². The highest BCUT2D eigenvalue weighted by atomic mass is 31.2. The maximum Gasteiger partial charge on any atom is 0.474 e. The molecule has 0 heterocycles. The Labute approximate surface area is 253 Å². The smallest absolute Gasteiger partial charge is 0.463 e. The predicted octanol–water partition coefficient (Wildman–Crippen LogP) is 8.80. The topological polar surface area (TPSA) is 91.3 Å². The lowest BCUT2D eigenvalue weighted by Crippen LogP contribution is -2.43. The molecular weight excluding hydrogens is 541 g/mol. The molecule has 246 valence electrons. The molecule has 0 aromatic carbocycles. The van der Waals surface area contributed by atoms with Crippen LogP contribution < -0.4 is 0 Å². The van der Waals surface area contributed by atoms with Gasteiger partial charge in [-0.25, -0.2) is 4.57 Å². The summed E-state index contributed by atoms with van der Waals surface area (Å²) in [5, 5.41) is 0. The summed E-state index contributed by atoms with van der Waals surface area (Å²) in [6.07, 6.45) is 23.1. The zero-order valence-electron chi connectivity index (χ0n) is 27.7. The van der Waals surface area contributed by atoms with Crippen molar-refractivity contribution in [1.82, 2.24) is 0 Å². The third-order valence-corrected chi connectivity index (χ3v) is 8.33. The van der Waals surface area contributed by atoms with Crippen molar-refractivity contribution in [2.45, 2.75) is 149 Å². The first-order valence-corrected chi connectivity index (χ1v) is 18.3. The highest BCUT2D eigenvalue weighted by Gasteiger charge is 2.30. The highest BCUT2D eigenvalue weighted by molar-refractivity contribution is 7.47. The van der Waals surface area contributed by atoms with Gasteiger partial charge < -0.3 is 18.9 Å². The fourth-order valence-corrected chi connectivity index (χ4v) is 5.82. The molecule has 0 aliphatic heterocycles. The lowest BCUT2D eigenvalue weighted by atomic mass is 9.96. The fourth-order valence-electron chi connectivity index (χ4n) is 5.01. The van der Waals surface area contributed by atoms with Crippen LogP contribution in [-0.2, 0) is 27.9 Å². The Balaban J connectivity index is 4.03. The van der Waals surface area contributed by atoms with Crippen LogP contribution in [-0.4, -0.2) is 69.1 Å². The second-order valence-corrected chi connectivity index (χ2v) is 13.9. The lowest BCUT2D eigenvalue weighted by Gasteiger charge is -2.29. The molecule has 0 bridgehead atoms. The van der Waals surface area contributed by atoms with Crippen LogP contribution in [0.25, 0.3) is 0 Å². The van der Waals surface area contributed by atoms with E-state index in [4.69, 9.17) is 18.5 Å². The van der Waals surface area contributed by atoms with Crippen LogP contribution in [0.5, 0.6) is 0 Å². The molecule has 41 heavy (non-hydrogen) atoms. The van der Waals surface area contributed by atoms with Gasteiger partial charge in [-0.3, -0.25) is 13.8 Å². The van der Waals surface area contributed by atoms with Gasteiger partial charge in [0.25, 0.3) is 0 Å². The summed E-state index contributed by atoms with van der Waals surface area (Å²) in [7, 11) is 1.58. The van der Waals surface area contributed by atoms with Crippen molar-refractivity contribution in [3.8, 4) is 0 Å². The number of rotatable bonds is 30. The van der Waals surface area contributed by atoms with E-state index >= 15 is 0 Å². The fraction of sp³-hybridized carbons (Fsp3) is 0.969. The molecule has 0 saturated heterocycles. The summed E-state index contributed by atoms with van der Waals surface area (Å²) >= 11 is 0. The van der Waals surface area contributed by atoms with Gasteiger partial charge in [-0.15, -0.1) is 0 Å². The molecule has 0 radical (unpaired) electrons. The molecule has 0 spiro atoms. The Kier molecular flexibility index (Phi) is 25.6. The number of hydrogen-bond acceptors (Lipinski definition) is 6. The van der Waals surface area contributed by atoms with E-state index in [2.05, 4.69) is 13.8 Å². The molecule has 0 saturated carbocycles. The maximum atomic E-state index is 12.7. The van der Waals surface area contributed by atoms with Crippen molar-refractivity contribution in [3.05, 3.63) is 0 Å². The average molecular weight is 609 g/mol. The number of carbonyl (C=O) groups excluding carboxylic acids is 1. The predicted molar refractivity (Wildman–Crippen MR) is 169 cm³/mol. The van der Waals surface area contributed by atoms with Crippen LogP contribution in [0.15, 0.2) is 0 Å². The monoisotopic (exact) mass is 608 g/mol. The number of ether oxygens (including phenoxy) is 2. The van der Waals surface area contributed by atoms with Gasteiger partial charge in [0, 0.05) is 0 Å². The van der Waals surface area contributed by atoms with Gasteiger partial charge >= 0.3 is 13.8 Å². The Morgan fingerprint density at radius 3 is 1.63 bits per heavy atom. The van der Waals surface area contributed by atoms with E-state index in [0.717, 1.165) is 25.7 Å². The number of carbonyl (C=O) groups is 1. The zero-order chi connectivity index (χ0) is 30.8. The van der Waals surface area contributed by atoms with Crippen LogP contribution in [0.1, 0.15) is 143 Å². The average Bonchev–Trinajstić information content (AvgIpc) is 2.88. The number of phosphoric ester groups is 1. The molecule has 9 heteroatoms. The van der Waals surface area contributed by atoms with Gasteiger partial charge in [-0.2, -0.15) is 0 Å². The zero-order valence-corrected chi connectivity index (χ0v) is 28.6. The van der Waals surface area contributed by atoms with Crippen molar-refractivity contribution >= 4 is 13.8 Å². The molecule has 0 amide bonds. The Bertz CT molecular complexity index is 656. The van der Waals surface area contributed by atoms with Crippen LogP contribution in [0.2, 0.25) is 0 Å². The van der Waals surface area contributed by atoms with Gasteiger partial charge in [0.15, 0.2) is 0 Å². The molecule has 0 aliphatic rings. The highest BCUT2D eigenvalue weighted by Crippen LogP contribution is 2.44. The SMILES string of the molecule is CCCCCCCCCCCCCCCCCCC(CCC)C(=O)OCCOC(C[N+](C)(C)C)OP(=O)(O)OCC. The third kappa shape index (κ3) is 26.8. The Morgan fingerprint density at radius 2 is 1.20 bits per heavy atom. The molecule has 0 aromatic rings. The number of phosphoric acid groups is 1. The first-order valence-electron chi connectivity index (χ1n) is 16.8. The summed E-state index contributed by atoms with van der Waals surface area (Å²) in [4.78, 5) is 22.5. The van der Waals surface area contributed by atoms with Crippen LogP contribution in [0.4, 0.5) is 0 Å². The lowest BCUT2D eigenvalue weighted by molar-refractivity contribution is -0.876. The summed E-state index contributed by atoms with van der Waals surface area (Å²) in [6.45, 7) is 6.55. The van der Waals surface area contributed by atoms with E-state index in [1.54, 1.807) is 6.92 Å². The van der Waals surface area contributed by atoms with Crippen molar-refractivity contribution < 1.29 is 37.3 Å². The minimum atomic E-state index is -4.21. The molecule has 8 nitrogen and oxygen atoms in total. The maximum absolute atomic E-state index is 12.7. The van der Waals surface area contributed by atoms with Crippen LogP contribution in [0, 0.1) is 5.92 Å². The molecule has 1 N–H and O–H groups in total. The van der Waals surface area contributed by atoms with Crippen LogP contribution in [0.3, 0.4) is 0 Å². The van der Waals surface area contributed by atoms with E-state index in [9.17, 15) is 14.3 Å². The van der Waals surface area contributed by atoms with Crippen molar-refractivity contribution in [2.24, 2.45) is 5.92 Å². The summed E-state index contributed by atoms with van der Waals surface area (Å²) in [5.74, 6) is -0.261. The van der Waals surface area contributed by atoms with E-state index < -0.39 is 14.1 Å². The molecule has 3 atom stereocenters. The van der Waals surface area contributed by atoms with Crippen molar-refractivity contribution in [2.75, 3.05) is 47.5 Å². The molecule has 0 aliphatic carbocycles. The Morgan fingerprint density at radius 1 is 0.707 bits per heavy atom. The summed E-state index contributed by atoms with van der Waals surface area (Å²) in [5.41, 5.74) is 0. The molecule has 3 unspecified atom stereocenters. The number of nitrogens with zero attached hydrogens (tertiary/aromatic N) is 1. The molecule has 0 fully saturated rings. The van der Waals surface area contributed by atoms with Crippen LogP contribution >= 0.6 is 7.82 Å². The van der Waals surface area contributed by atoms with E-state index in [-0.39, 0.29) is 31.7 Å². The largest absolute Gasteiger partial charge is 0.474 e. The number of unbranched alkanes of at least 4 members (excludes halogenated alkanes) is 15. The third-order valence-electron chi connectivity index (χ3n) is 7.25. The second kappa shape index (κ2) is 25.9. The number of hydrogen-bond donors (Lipinski definition) is 1. The summed E-state index contributed by atoms with van der Waals surface area (Å²) < 4.78 is 33.7. The van der Waals surface area contributed by atoms with E-state index in [1.165, 1.54) is 96.3 Å². The minimum Gasteiger partial charge on any atom is -0.463 e.